The van der Waals surface area contributed by atoms with Gasteiger partial charge in [0.2, 0.25) is 5.95 Å². The van der Waals surface area contributed by atoms with Crippen LogP contribution >= 0.6 is 0 Å². The molecule has 0 aliphatic carbocycles. The van der Waals surface area contributed by atoms with Gasteiger partial charge >= 0.3 is 5.69 Å². The van der Waals surface area contributed by atoms with Gasteiger partial charge in [-0.05, 0) is 25.5 Å². The number of H-pyrrole nitrogens is 1. The molecule has 6 nitrogen and oxygen atoms in total. The molecule has 0 fully saturated rings. The molecule has 20 heavy (non-hydrogen) atoms. The maximum Gasteiger partial charge on any atom is 0.350 e. The molecule has 0 aliphatic heterocycles. The third kappa shape index (κ3) is 1.95. The van der Waals surface area contributed by atoms with Gasteiger partial charge in [-0.25, -0.2) is 19.3 Å². The van der Waals surface area contributed by atoms with E-state index in [4.69, 9.17) is 0 Å². The summed E-state index contributed by atoms with van der Waals surface area (Å²) in [4.78, 5) is 16.4. The highest BCUT2D eigenvalue weighted by atomic mass is 16.1. The summed E-state index contributed by atoms with van der Waals surface area (Å²) in [6.45, 7) is 3.95. The number of rotatable bonds is 3. The van der Waals surface area contributed by atoms with Crippen LogP contribution in [0.3, 0.4) is 0 Å². The number of aromatic nitrogens is 4. The van der Waals surface area contributed by atoms with Crippen molar-refractivity contribution in [1.82, 2.24) is 19.6 Å². The molecule has 0 aliphatic rings. The largest absolute Gasteiger partial charge is 0.350 e. The van der Waals surface area contributed by atoms with Gasteiger partial charge < -0.3 is 5.32 Å². The predicted molar refractivity (Wildman–Crippen MR) is 77.4 cm³/mol. The molecule has 0 saturated heterocycles. The molecule has 2 N–H and O–H groups in total. The Morgan fingerprint density at radius 3 is 2.75 bits per heavy atom. The smallest absolute Gasteiger partial charge is 0.325 e. The molecule has 3 rings (SSSR count). The molecule has 0 radical (unpaired) electrons. The zero-order valence-electron chi connectivity index (χ0n) is 11.3. The molecule has 0 amide bonds. The number of fused-ring (bicyclic) bond motifs is 1. The lowest BCUT2D eigenvalue weighted by atomic mass is 10.2. The molecule has 0 bridgehead atoms. The minimum atomic E-state index is -0.291. The number of anilines is 2. The molecule has 102 valence electrons. The maximum absolute atomic E-state index is 11.9. The van der Waals surface area contributed by atoms with Crippen LogP contribution in [0.15, 0.2) is 35.1 Å². The minimum absolute atomic E-state index is 0.291. The second-order valence-corrected chi connectivity index (χ2v) is 4.53. The van der Waals surface area contributed by atoms with E-state index in [0.29, 0.717) is 11.6 Å². The van der Waals surface area contributed by atoms with E-state index in [9.17, 15) is 4.79 Å². The van der Waals surface area contributed by atoms with Gasteiger partial charge in [0.15, 0.2) is 5.65 Å². The second kappa shape index (κ2) is 4.80. The van der Waals surface area contributed by atoms with E-state index in [1.165, 1.54) is 4.40 Å². The van der Waals surface area contributed by atoms with Gasteiger partial charge in [0, 0.05) is 16.9 Å². The van der Waals surface area contributed by atoms with Crippen molar-refractivity contribution in [2.45, 2.75) is 20.3 Å². The fraction of sp³-hybridized carbons (Fsp3) is 0.214. The molecular weight excluding hydrogens is 254 g/mol. The van der Waals surface area contributed by atoms with Crippen LogP contribution < -0.4 is 11.0 Å². The third-order valence-corrected chi connectivity index (χ3v) is 3.25. The average Bonchev–Trinajstić information content (AvgIpc) is 2.82. The van der Waals surface area contributed by atoms with Crippen LogP contribution in [-0.4, -0.2) is 19.6 Å². The normalized spacial score (nSPS) is 10.9. The molecule has 0 saturated carbocycles. The fourth-order valence-corrected chi connectivity index (χ4v) is 2.28. The Morgan fingerprint density at radius 1 is 1.30 bits per heavy atom. The summed E-state index contributed by atoms with van der Waals surface area (Å²) in [6, 6.07) is 9.61. The summed E-state index contributed by atoms with van der Waals surface area (Å²) in [6.07, 6.45) is 0.776. The first-order valence-corrected chi connectivity index (χ1v) is 6.49. The van der Waals surface area contributed by atoms with Crippen LogP contribution in [0.1, 0.15) is 18.2 Å². The summed E-state index contributed by atoms with van der Waals surface area (Å²) in [5.41, 5.74) is 3.06. The van der Waals surface area contributed by atoms with Crippen molar-refractivity contribution in [3.05, 3.63) is 52.1 Å². The van der Waals surface area contributed by atoms with Gasteiger partial charge in [0.05, 0.1) is 0 Å². The zero-order chi connectivity index (χ0) is 14.1. The molecule has 0 unspecified atom stereocenters. The molecule has 0 spiro atoms. The number of benzene rings is 1. The average molecular weight is 269 g/mol. The van der Waals surface area contributed by atoms with Crippen LogP contribution in [0.25, 0.3) is 5.65 Å². The molecule has 3 aromatic rings. The first-order valence-electron chi connectivity index (χ1n) is 6.49. The van der Waals surface area contributed by atoms with Crippen LogP contribution in [0.5, 0.6) is 0 Å². The van der Waals surface area contributed by atoms with Gasteiger partial charge in [0.1, 0.15) is 0 Å². The summed E-state index contributed by atoms with van der Waals surface area (Å²) >= 11 is 0. The van der Waals surface area contributed by atoms with Crippen molar-refractivity contribution >= 4 is 17.3 Å². The molecular formula is C14H15N5O. The fourth-order valence-electron chi connectivity index (χ4n) is 2.28. The van der Waals surface area contributed by atoms with Gasteiger partial charge in [-0.15, -0.1) is 0 Å². The van der Waals surface area contributed by atoms with Crippen molar-refractivity contribution < 1.29 is 0 Å². The van der Waals surface area contributed by atoms with E-state index in [1.807, 2.05) is 44.2 Å². The third-order valence-electron chi connectivity index (χ3n) is 3.25. The van der Waals surface area contributed by atoms with E-state index >= 15 is 0 Å². The number of para-hydroxylation sites is 1. The lowest BCUT2D eigenvalue weighted by Crippen LogP contribution is -2.16. The quantitative estimate of drug-likeness (QED) is 0.763. The number of aromatic amines is 1. The highest BCUT2D eigenvalue weighted by Crippen LogP contribution is 2.18. The molecule has 2 heterocycles. The topological polar surface area (TPSA) is 75.1 Å². The Hall–Kier alpha value is -2.63. The predicted octanol–water partition coefficient (Wildman–Crippen LogP) is 2.03. The summed E-state index contributed by atoms with van der Waals surface area (Å²) in [5.74, 6) is 0.472. The van der Waals surface area contributed by atoms with E-state index < -0.39 is 0 Å². The number of nitrogens with zero attached hydrogens (tertiary/aromatic N) is 3. The van der Waals surface area contributed by atoms with Crippen molar-refractivity contribution in [2.24, 2.45) is 0 Å². The SMILES string of the molecule is CCc1c(C)nc(Nc2ccccc2)n2c(=O)[nH]nc12. The molecule has 2 aromatic heterocycles. The van der Waals surface area contributed by atoms with E-state index in [2.05, 4.69) is 20.5 Å². The Balaban J connectivity index is 2.21. The number of hydrogen-bond acceptors (Lipinski definition) is 4. The Morgan fingerprint density at radius 2 is 2.05 bits per heavy atom. The van der Waals surface area contributed by atoms with Crippen molar-refractivity contribution in [2.75, 3.05) is 5.32 Å². The number of aryl methyl sites for hydroxylation is 2. The van der Waals surface area contributed by atoms with Crippen molar-refractivity contribution in [1.29, 1.82) is 0 Å². The van der Waals surface area contributed by atoms with Crippen LogP contribution in [0.2, 0.25) is 0 Å². The Bertz CT molecular complexity index is 804. The zero-order valence-corrected chi connectivity index (χ0v) is 11.3. The van der Waals surface area contributed by atoms with Crippen LogP contribution in [0, 0.1) is 6.92 Å². The molecule has 0 atom stereocenters. The van der Waals surface area contributed by atoms with E-state index in [-0.39, 0.29) is 5.69 Å². The Kier molecular flexibility index (Phi) is 2.98. The first-order chi connectivity index (χ1) is 9.70. The van der Waals surface area contributed by atoms with Crippen LogP contribution in [0.4, 0.5) is 11.6 Å². The highest BCUT2D eigenvalue weighted by Gasteiger charge is 2.14. The highest BCUT2D eigenvalue weighted by molar-refractivity contribution is 5.59. The Labute approximate surface area is 115 Å². The lowest BCUT2D eigenvalue weighted by molar-refractivity contribution is 0.963. The molecule has 1 aromatic carbocycles. The summed E-state index contributed by atoms with van der Waals surface area (Å²) in [5, 5.41) is 9.74. The van der Waals surface area contributed by atoms with Crippen molar-refractivity contribution in [3.63, 3.8) is 0 Å². The van der Waals surface area contributed by atoms with Gasteiger partial charge in [0.25, 0.3) is 0 Å². The standard InChI is InChI=1S/C14H15N5O/c1-3-11-9(2)15-13(16-10-7-5-4-6-8-10)19-12(11)17-18-14(19)20/h4-8H,3H2,1-2H3,(H,15,16)(H,18,20). The van der Waals surface area contributed by atoms with Gasteiger partial charge in [-0.3, -0.25) is 0 Å². The van der Waals surface area contributed by atoms with E-state index in [1.54, 1.807) is 0 Å². The van der Waals surface area contributed by atoms with Crippen molar-refractivity contribution in [3.8, 4) is 0 Å². The van der Waals surface area contributed by atoms with E-state index in [0.717, 1.165) is 23.4 Å². The summed E-state index contributed by atoms with van der Waals surface area (Å²) in [7, 11) is 0. The maximum atomic E-state index is 11.9. The van der Waals surface area contributed by atoms with Crippen LogP contribution in [-0.2, 0) is 6.42 Å². The second-order valence-electron chi connectivity index (χ2n) is 4.53. The lowest BCUT2D eigenvalue weighted by Gasteiger charge is -2.10. The summed E-state index contributed by atoms with van der Waals surface area (Å²) < 4.78 is 1.47. The monoisotopic (exact) mass is 269 g/mol. The first kappa shape index (κ1) is 12.4. The van der Waals surface area contributed by atoms with Gasteiger partial charge in [-0.2, -0.15) is 5.10 Å². The van der Waals surface area contributed by atoms with Gasteiger partial charge in [-0.1, -0.05) is 25.1 Å². The minimum Gasteiger partial charge on any atom is -0.325 e. The molecule has 6 heteroatoms. The number of hydrogen-bond donors (Lipinski definition) is 2. The number of nitrogens with one attached hydrogen (secondary N) is 2.